The molecule has 0 aliphatic carbocycles. The van der Waals surface area contributed by atoms with Gasteiger partial charge in [0.2, 0.25) is 0 Å². The van der Waals surface area contributed by atoms with Crippen LogP contribution in [0.3, 0.4) is 0 Å². The topological polar surface area (TPSA) is 92.3 Å². The molecule has 11 heteroatoms. The van der Waals surface area contributed by atoms with Gasteiger partial charge in [0.25, 0.3) is 0 Å². The van der Waals surface area contributed by atoms with Crippen molar-refractivity contribution in [2.75, 3.05) is 106 Å². The molecule has 0 saturated heterocycles. The van der Waals surface area contributed by atoms with Crippen LogP contribution in [-0.2, 0) is 84.6 Å². The molecule has 0 saturated carbocycles. The Balaban J connectivity index is 0.00000841. The van der Waals surface area contributed by atoms with Crippen LogP contribution in [0.4, 0.5) is 0 Å². The average molecular weight is 823 g/mol. The molecule has 0 bridgehead atoms. The summed E-state index contributed by atoms with van der Waals surface area (Å²) in [7, 11) is 0. The molecule has 0 fully saturated rings. The third-order valence-electron chi connectivity index (χ3n) is 8.79. The summed E-state index contributed by atoms with van der Waals surface area (Å²) in [5, 5.41) is 0. The minimum absolute atomic E-state index is 0. The molecule has 0 spiro atoms. The van der Waals surface area contributed by atoms with Gasteiger partial charge in [-0.05, 0) is 44.2 Å². The first-order valence-electron chi connectivity index (χ1n) is 20.2. The van der Waals surface area contributed by atoms with Gasteiger partial charge in [-0.1, -0.05) is 114 Å². The monoisotopic (exact) mass is 822 g/mol. The van der Waals surface area contributed by atoms with Crippen LogP contribution >= 0.6 is 0 Å². The molecular formula is C46H71KO10. The molecule has 3 aromatic rings. The van der Waals surface area contributed by atoms with Crippen molar-refractivity contribution in [2.24, 2.45) is 0 Å². The maximum absolute atomic E-state index is 5.84. The summed E-state index contributed by atoms with van der Waals surface area (Å²) < 4.78 is 56.8. The fraction of sp³-hybridized carbons (Fsp3) is 0.609. The molecule has 0 unspecified atom stereocenters. The Hall–Kier alpha value is -1.10. The standard InChI is InChI=1S/C46H70O10.K.H/c1-45(2,3)43-15-11-39(12-16-43)35-53-31-27-49-23-19-47-21-25-51-29-33-55-37-41-9-7-8-10-42(41)38-56-34-30-52-26-22-48-20-24-50-28-32-54-36-40-13-17-44(18-14-40)46(4,5)6;;/h7-18H,19-38H2,1-6H3;;/q;+1;-1. The number of ether oxygens (including phenoxy) is 10. The second-order valence-corrected chi connectivity index (χ2v) is 15.5. The zero-order chi connectivity index (χ0) is 40.2. The third-order valence-corrected chi connectivity index (χ3v) is 8.79. The smallest absolute Gasteiger partial charge is 1.00 e. The van der Waals surface area contributed by atoms with Gasteiger partial charge in [0.05, 0.1) is 132 Å². The molecule has 0 atom stereocenters. The first-order chi connectivity index (χ1) is 27.1. The van der Waals surface area contributed by atoms with Crippen LogP contribution in [0.2, 0.25) is 0 Å². The van der Waals surface area contributed by atoms with Crippen LogP contribution in [0.5, 0.6) is 0 Å². The first kappa shape index (κ1) is 52.0. The maximum Gasteiger partial charge on any atom is 1.00 e. The van der Waals surface area contributed by atoms with Gasteiger partial charge in [-0.25, -0.2) is 0 Å². The number of hydrogen-bond donors (Lipinski definition) is 0. The fourth-order valence-corrected chi connectivity index (χ4v) is 5.34. The van der Waals surface area contributed by atoms with Gasteiger partial charge in [-0.2, -0.15) is 0 Å². The number of hydrogen-bond acceptors (Lipinski definition) is 10. The third kappa shape index (κ3) is 25.3. The summed E-state index contributed by atoms with van der Waals surface area (Å²) in [5.74, 6) is 0. The van der Waals surface area contributed by atoms with E-state index in [1.807, 2.05) is 12.1 Å². The van der Waals surface area contributed by atoms with Crippen LogP contribution in [-0.4, -0.2) is 106 Å². The Morgan fingerprint density at radius 2 is 0.544 bits per heavy atom. The van der Waals surface area contributed by atoms with Gasteiger partial charge in [-0.3, -0.25) is 0 Å². The predicted octanol–water partition coefficient (Wildman–Crippen LogP) is 4.96. The van der Waals surface area contributed by atoms with Crippen LogP contribution in [0.15, 0.2) is 72.8 Å². The normalized spacial score (nSPS) is 11.9. The minimum atomic E-state index is 0. The van der Waals surface area contributed by atoms with Gasteiger partial charge in [-0.15, -0.1) is 0 Å². The van der Waals surface area contributed by atoms with E-state index in [0.29, 0.717) is 132 Å². The second-order valence-electron chi connectivity index (χ2n) is 15.5. The average Bonchev–Trinajstić information content (AvgIpc) is 3.18. The Kier molecular flexibility index (Phi) is 29.0. The van der Waals surface area contributed by atoms with Crippen LogP contribution < -0.4 is 51.4 Å². The molecular weight excluding hydrogens is 752 g/mol. The molecule has 0 aliphatic rings. The molecule has 0 N–H and O–H groups in total. The first-order valence-corrected chi connectivity index (χ1v) is 20.2. The van der Waals surface area contributed by atoms with E-state index in [9.17, 15) is 0 Å². The summed E-state index contributed by atoms with van der Waals surface area (Å²) in [6.07, 6.45) is 0. The second kappa shape index (κ2) is 31.7. The molecule has 0 radical (unpaired) electrons. The maximum atomic E-state index is 5.84. The minimum Gasteiger partial charge on any atom is -1.00 e. The van der Waals surface area contributed by atoms with Gasteiger partial charge in [0.1, 0.15) is 0 Å². The summed E-state index contributed by atoms with van der Waals surface area (Å²) in [6, 6.07) is 25.4. The van der Waals surface area contributed by atoms with Crippen LogP contribution in [0, 0.1) is 0 Å². The predicted molar refractivity (Wildman–Crippen MR) is 221 cm³/mol. The Morgan fingerprint density at radius 1 is 0.316 bits per heavy atom. The van der Waals surface area contributed by atoms with Crippen molar-refractivity contribution in [3.05, 3.63) is 106 Å². The molecule has 3 rings (SSSR count). The summed E-state index contributed by atoms with van der Waals surface area (Å²) in [5.41, 5.74) is 7.51. The van der Waals surface area contributed by atoms with Crippen molar-refractivity contribution in [2.45, 2.75) is 78.8 Å². The summed E-state index contributed by atoms with van der Waals surface area (Å²) in [4.78, 5) is 0. The molecule has 0 aliphatic heterocycles. The Labute approximate surface area is 387 Å². The van der Waals surface area contributed by atoms with Crippen LogP contribution in [0.25, 0.3) is 0 Å². The Morgan fingerprint density at radius 3 is 0.789 bits per heavy atom. The SMILES string of the molecule is CC(C)(C)c1ccc(COCCOCCOCCOCCOCc2ccccc2COCCOCCOCCOCCOCc2ccc(C(C)(C)C)cc2)cc1.[H-].[K+]. The van der Waals surface area contributed by atoms with Gasteiger partial charge < -0.3 is 48.8 Å². The van der Waals surface area contributed by atoms with Crippen LogP contribution in [0.1, 0.15) is 76.3 Å². The van der Waals surface area contributed by atoms with Crippen molar-refractivity contribution >= 4 is 0 Å². The van der Waals surface area contributed by atoms with E-state index in [2.05, 4.69) is 102 Å². The summed E-state index contributed by atoms with van der Waals surface area (Å²) >= 11 is 0. The van der Waals surface area contributed by atoms with E-state index in [1.54, 1.807) is 0 Å². The van der Waals surface area contributed by atoms with Crippen molar-refractivity contribution < 1.29 is 100 Å². The van der Waals surface area contributed by atoms with Crippen molar-refractivity contribution in [1.82, 2.24) is 0 Å². The molecule has 0 heterocycles. The van der Waals surface area contributed by atoms with Crippen molar-refractivity contribution in [1.29, 1.82) is 0 Å². The van der Waals surface area contributed by atoms with E-state index in [0.717, 1.165) is 11.1 Å². The molecule has 0 aromatic heterocycles. The zero-order valence-electron chi connectivity index (χ0n) is 37.2. The van der Waals surface area contributed by atoms with E-state index in [-0.39, 0.29) is 63.6 Å². The van der Waals surface area contributed by atoms with E-state index >= 15 is 0 Å². The van der Waals surface area contributed by atoms with E-state index in [4.69, 9.17) is 47.4 Å². The van der Waals surface area contributed by atoms with E-state index in [1.165, 1.54) is 22.3 Å². The fourth-order valence-electron chi connectivity index (χ4n) is 5.34. The van der Waals surface area contributed by atoms with Crippen molar-refractivity contribution in [3.63, 3.8) is 0 Å². The summed E-state index contributed by atoms with van der Waals surface area (Å²) in [6.45, 7) is 23.9. The van der Waals surface area contributed by atoms with Gasteiger partial charge in [0, 0.05) is 0 Å². The molecule has 57 heavy (non-hydrogen) atoms. The number of rotatable bonds is 32. The zero-order valence-corrected chi connectivity index (χ0v) is 39.3. The largest absolute Gasteiger partial charge is 1.00 e. The van der Waals surface area contributed by atoms with E-state index < -0.39 is 0 Å². The van der Waals surface area contributed by atoms with Gasteiger partial charge >= 0.3 is 51.4 Å². The molecule has 10 nitrogen and oxygen atoms in total. The number of benzene rings is 3. The molecule has 316 valence electrons. The molecule has 3 aromatic carbocycles. The quantitative estimate of drug-likeness (QED) is 0.0636. The van der Waals surface area contributed by atoms with Gasteiger partial charge in [0.15, 0.2) is 0 Å². The molecule has 0 amide bonds. The Bertz CT molecular complexity index is 1290. The van der Waals surface area contributed by atoms with Crippen molar-refractivity contribution in [3.8, 4) is 0 Å².